The molecule has 0 spiro atoms. The van der Waals surface area contributed by atoms with Crippen LogP contribution in [0.2, 0.25) is 0 Å². The van der Waals surface area contributed by atoms with Gasteiger partial charge in [0.25, 0.3) is 0 Å². The fraction of sp³-hybridized carbons (Fsp3) is 0.778. The van der Waals surface area contributed by atoms with E-state index >= 15 is 0 Å². The minimum atomic E-state index is 0.271. The van der Waals surface area contributed by atoms with Crippen LogP contribution in [-0.2, 0) is 11.8 Å². The van der Waals surface area contributed by atoms with E-state index in [-0.39, 0.29) is 5.91 Å². The second-order valence-electron chi connectivity index (χ2n) is 8.11. The van der Waals surface area contributed by atoms with Crippen LogP contribution >= 0.6 is 11.8 Å². The Morgan fingerprint density at radius 3 is 2.52 bits per heavy atom. The van der Waals surface area contributed by atoms with Crippen molar-refractivity contribution in [2.45, 2.75) is 50.1 Å². The van der Waals surface area contributed by atoms with E-state index in [4.69, 9.17) is 0 Å². The maximum Gasteiger partial charge on any atom is 0.220 e. The SMILES string of the molecule is Cn1ccnc1SCCNC(=O)CC12CC3CC(CC(C3)C1)C2. The van der Waals surface area contributed by atoms with Crippen LogP contribution in [0.4, 0.5) is 0 Å². The molecular weight excluding hydrogens is 306 g/mol. The molecule has 0 radical (unpaired) electrons. The molecule has 4 aliphatic rings. The number of amides is 1. The van der Waals surface area contributed by atoms with E-state index in [0.717, 1.165) is 41.6 Å². The Hall–Kier alpha value is -0.970. The van der Waals surface area contributed by atoms with E-state index in [2.05, 4.69) is 10.3 Å². The zero-order chi connectivity index (χ0) is 15.9. The summed E-state index contributed by atoms with van der Waals surface area (Å²) in [5.41, 5.74) is 0.353. The van der Waals surface area contributed by atoms with Crippen LogP contribution < -0.4 is 5.32 Å². The largest absolute Gasteiger partial charge is 0.355 e. The second-order valence-corrected chi connectivity index (χ2v) is 9.18. The molecule has 23 heavy (non-hydrogen) atoms. The molecule has 4 saturated carbocycles. The van der Waals surface area contributed by atoms with E-state index < -0.39 is 0 Å². The van der Waals surface area contributed by atoms with Gasteiger partial charge in [0, 0.05) is 38.2 Å². The van der Waals surface area contributed by atoms with Gasteiger partial charge in [-0.3, -0.25) is 4.79 Å². The fourth-order valence-electron chi connectivity index (χ4n) is 5.73. The van der Waals surface area contributed by atoms with Crippen LogP contribution in [0, 0.1) is 23.2 Å². The number of nitrogens with one attached hydrogen (secondary N) is 1. The molecule has 4 aliphatic carbocycles. The van der Waals surface area contributed by atoms with E-state index in [1.54, 1.807) is 11.8 Å². The first-order chi connectivity index (χ1) is 11.1. The van der Waals surface area contributed by atoms with Gasteiger partial charge in [0.1, 0.15) is 0 Å². The Labute approximate surface area is 142 Å². The van der Waals surface area contributed by atoms with Crippen molar-refractivity contribution in [3.8, 4) is 0 Å². The molecule has 0 saturated heterocycles. The zero-order valence-electron chi connectivity index (χ0n) is 14.0. The molecule has 5 rings (SSSR count). The van der Waals surface area contributed by atoms with Gasteiger partial charge in [-0.05, 0) is 61.7 Å². The molecule has 5 heteroatoms. The van der Waals surface area contributed by atoms with Crippen molar-refractivity contribution in [2.24, 2.45) is 30.2 Å². The van der Waals surface area contributed by atoms with Crippen LogP contribution in [-0.4, -0.2) is 27.8 Å². The van der Waals surface area contributed by atoms with Gasteiger partial charge in [-0.15, -0.1) is 0 Å². The average Bonchev–Trinajstić information content (AvgIpc) is 2.87. The van der Waals surface area contributed by atoms with Gasteiger partial charge in [-0.25, -0.2) is 4.98 Å². The number of imidazole rings is 1. The van der Waals surface area contributed by atoms with Crippen molar-refractivity contribution in [3.63, 3.8) is 0 Å². The number of thioether (sulfide) groups is 1. The summed E-state index contributed by atoms with van der Waals surface area (Å²) in [5.74, 6) is 3.93. The first kappa shape index (κ1) is 15.6. The fourth-order valence-corrected chi connectivity index (χ4v) is 6.52. The number of carbonyl (C=O) groups excluding carboxylic acids is 1. The Morgan fingerprint density at radius 2 is 1.96 bits per heavy atom. The number of nitrogens with zero attached hydrogens (tertiary/aromatic N) is 2. The molecule has 126 valence electrons. The summed E-state index contributed by atoms with van der Waals surface area (Å²) >= 11 is 1.70. The lowest BCUT2D eigenvalue weighted by atomic mass is 9.49. The molecule has 1 amide bonds. The summed E-state index contributed by atoms with van der Waals surface area (Å²) in [4.78, 5) is 16.7. The van der Waals surface area contributed by atoms with Gasteiger partial charge in [0.2, 0.25) is 5.91 Å². The van der Waals surface area contributed by atoms with E-state index in [0.29, 0.717) is 5.41 Å². The monoisotopic (exact) mass is 333 g/mol. The summed E-state index contributed by atoms with van der Waals surface area (Å²) in [6.07, 6.45) is 12.8. The third kappa shape index (κ3) is 3.30. The highest BCUT2D eigenvalue weighted by Gasteiger charge is 2.51. The topological polar surface area (TPSA) is 46.9 Å². The molecule has 4 bridgehead atoms. The van der Waals surface area contributed by atoms with Crippen LogP contribution in [0.15, 0.2) is 17.6 Å². The molecule has 0 atom stereocenters. The lowest BCUT2D eigenvalue weighted by Crippen LogP contribution is -2.48. The highest BCUT2D eigenvalue weighted by Crippen LogP contribution is 2.61. The van der Waals surface area contributed by atoms with Crippen LogP contribution in [0.25, 0.3) is 0 Å². The van der Waals surface area contributed by atoms with Gasteiger partial charge >= 0.3 is 0 Å². The molecule has 0 aromatic carbocycles. The van der Waals surface area contributed by atoms with Gasteiger partial charge in [0.15, 0.2) is 5.16 Å². The van der Waals surface area contributed by atoms with Crippen molar-refractivity contribution in [1.29, 1.82) is 0 Å². The maximum absolute atomic E-state index is 12.4. The second kappa shape index (κ2) is 6.15. The van der Waals surface area contributed by atoms with Gasteiger partial charge in [-0.2, -0.15) is 0 Å². The summed E-state index contributed by atoms with van der Waals surface area (Å²) in [5, 5.41) is 4.16. The zero-order valence-corrected chi connectivity index (χ0v) is 14.8. The smallest absolute Gasteiger partial charge is 0.220 e. The Bertz CT molecular complexity index is 547. The van der Waals surface area contributed by atoms with E-state index in [9.17, 15) is 4.79 Å². The highest BCUT2D eigenvalue weighted by atomic mass is 32.2. The van der Waals surface area contributed by atoms with E-state index in [1.807, 2.05) is 24.0 Å². The van der Waals surface area contributed by atoms with Crippen LogP contribution in [0.1, 0.15) is 44.9 Å². The average molecular weight is 334 g/mol. The third-order valence-corrected chi connectivity index (χ3v) is 7.19. The van der Waals surface area contributed by atoms with Crippen molar-refractivity contribution in [2.75, 3.05) is 12.3 Å². The van der Waals surface area contributed by atoms with Gasteiger partial charge in [0.05, 0.1) is 0 Å². The van der Waals surface area contributed by atoms with Gasteiger partial charge < -0.3 is 9.88 Å². The first-order valence-corrected chi connectivity index (χ1v) is 9.97. The maximum atomic E-state index is 12.4. The Morgan fingerprint density at radius 1 is 1.30 bits per heavy atom. The first-order valence-electron chi connectivity index (χ1n) is 8.99. The number of rotatable bonds is 6. The summed E-state index contributed by atoms with van der Waals surface area (Å²) in [6, 6.07) is 0. The van der Waals surface area contributed by atoms with Crippen LogP contribution in [0.3, 0.4) is 0 Å². The molecule has 1 heterocycles. The minimum absolute atomic E-state index is 0.271. The van der Waals surface area contributed by atoms with Crippen molar-refractivity contribution >= 4 is 17.7 Å². The number of hydrogen-bond donors (Lipinski definition) is 1. The van der Waals surface area contributed by atoms with Gasteiger partial charge in [-0.1, -0.05) is 11.8 Å². The summed E-state index contributed by atoms with van der Waals surface area (Å²) < 4.78 is 2.02. The molecule has 4 nitrogen and oxygen atoms in total. The number of hydrogen-bond acceptors (Lipinski definition) is 3. The lowest BCUT2D eigenvalue weighted by molar-refractivity contribution is -0.129. The summed E-state index contributed by atoms with van der Waals surface area (Å²) in [6.45, 7) is 0.739. The quantitative estimate of drug-likeness (QED) is 0.642. The normalized spacial score (nSPS) is 34.7. The lowest BCUT2D eigenvalue weighted by Gasteiger charge is -2.56. The number of aryl methyl sites for hydroxylation is 1. The summed E-state index contributed by atoms with van der Waals surface area (Å²) in [7, 11) is 2.00. The highest BCUT2D eigenvalue weighted by molar-refractivity contribution is 7.99. The van der Waals surface area contributed by atoms with Crippen molar-refractivity contribution < 1.29 is 4.79 Å². The van der Waals surface area contributed by atoms with E-state index in [1.165, 1.54) is 38.5 Å². The standard InChI is InChI=1S/C18H27N3OS/c1-21-4-2-20-17(21)23-5-3-19-16(22)12-18-9-13-6-14(10-18)8-15(7-13)11-18/h2,4,13-15H,3,5-12H2,1H3,(H,19,22). The molecule has 0 unspecified atom stereocenters. The molecule has 1 aromatic heterocycles. The predicted molar refractivity (Wildman–Crippen MR) is 92.2 cm³/mol. The third-order valence-electron chi connectivity index (χ3n) is 6.13. The molecule has 0 aliphatic heterocycles. The van der Waals surface area contributed by atoms with Crippen molar-refractivity contribution in [3.05, 3.63) is 12.4 Å². The molecule has 4 fully saturated rings. The van der Waals surface area contributed by atoms with Crippen LogP contribution in [0.5, 0.6) is 0 Å². The minimum Gasteiger partial charge on any atom is -0.355 e. The molecular formula is C18H27N3OS. The predicted octanol–water partition coefficient (Wildman–Crippen LogP) is 3.23. The van der Waals surface area contributed by atoms with Crippen molar-refractivity contribution in [1.82, 2.24) is 14.9 Å². The number of carbonyl (C=O) groups is 1. The Balaban J connectivity index is 1.23. The number of aromatic nitrogens is 2. The molecule has 1 aromatic rings. The molecule has 1 N–H and O–H groups in total. The Kier molecular flexibility index (Phi) is 4.16.